The number of Topliss-reactive ketones (excluding diaryl/α,β-unsaturated/α-hetero) is 1. The fourth-order valence-electron chi connectivity index (χ4n) is 3.86. The molecular formula is C28H38N4O2. The van der Waals surface area contributed by atoms with E-state index in [-0.39, 0.29) is 5.78 Å². The quantitative estimate of drug-likeness (QED) is 0.493. The molecule has 0 amide bonds. The number of carbonyl (C=O) groups excluding carboxylic acids is 1. The first-order valence-corrected chi connectivity index (χ1v) is 12.0. The summed E-state index contributed by atoms with van der Waals surface area (Å²) in [6.45, 7) is 6.50. The summed E-state index contributed by atoms with van der Waals surface area (Å²) in [7, 11) is 3.58. The second-order valence-corrected chi connectivity index (χ2v) is 8.56. The van der Waals surface area contributed by atoms with Crippen LogP contribution in [0.15, 0.2) is 54.1 Å². The molecule has 1 aliphatic rings. The van der Waals surface area contributed by atoms with Gasteiger partial charge in [0.05, 0.1) is 30.1 Å². The summed E-state index contributed by atoms with van der Waals surface area (Å²) in [5.41, 5.74) is 9.76. The van der Waals surface area contributed by atoms with Crippen molar-refractivity contribution in [2.24, 2.45) is 5.73 Å². The topological polar surface area (TPSA) is 82.6 Å². The van der Waals surface area contributed by atoms with Gasteiger partial charge in [0, 0.05) is 30.8 Å². The summed E-state index contributed by atoms with van der Waals surface area (Å²) >= 11 is 0. The van der Waals surface area contributed by atoms with Crippen molar-refractivity contribution in [1.29, 1.82) is 5.26 Å². The number of hydrazine groups is 1. The fraction of sp³-hybridized carbons (Fsp3) is 0.429. The van der Waals surface area contributed by atoms with E-state index >= 15 is 0 Å². The minimum atomic E-state index is 0.0437. The number of benzene rings is 2. The summed E-state index contributed by atoms with van der Waals surface area (Å²) in [4.78, 5) is 12.2. The molecule has 0 saturated heterocycles. The summed E-state index contributed by atoms with van der Waals surface area (Å²) in [5.74, 6) is 0.823. The largest absolute Gasteiger partial charge is 0.497 e. The van der Waals surface area contributed by atoms with Crippen LogP contribution in [0.2, 0.25) is 0 Å². The highest BCUT2D eigenvalue weighted by atomic mass is 16.5. The fourth-order valence-corrected chi connectivity index (χ4v) is 3.86. The van der Waals surface area contributed by atoms with Crippen LogP contribution in [0.5, 0.6) is 5.75 Å². The molecule has 0 saturated carbocycles. The molecule has 0 spiro atoms. The highest BCUT2D eigenvalue weighted by Crippen LogP contribution is 2.36. The van der Waals surface area contributed by atoms with Crippen molar-refractivity contribution >= 4 is 17.2 Å². The van der Waals surface area contributed by atoms with Gasteiger partial charge in [-0.15, -0.1) is 0 Å². The van der Waals surface area contributed by atoms with Gasteiger partial charge in [-0.1, -0.05) is 45.2 Å². The summed E-state index contributed by atoms with van der Waals surface area (Å²) in [6.07, 6.45) is 6.30. The van der Waals surface area contributed by atoms with Crippen LogP contribution in [0.4, 0.5) is 5.69 Å². The van der Waals surface area contributed by atoms with Gasteiger partial charge in [0.25, 0.3) is 0 Å². The zero-order chi connectivity index (χ0) is 25.1. The lowest BCUT2D eigenvalue weighted by molar-refractivity contribution is -0.113. The molecule has 0 aliphatic carbocycles. The Balaban J connectivity index is 0.000000387. The standard InChI is InChI=1S/C20H19N3O2.C8H19N/c1-14(24)19-13-22(2)23(17-8-10-18(25-3)11-9-17)20(19)16-6-4-15(12-21)5-7-16;1-3-5-6-7-8(9)4-2/h4-11H,13H2,1-3H3;8H,3-7,9H2,1-2H3. The third-order valence-corrected chi connectivity index (χ3v) is 5.96. The van der Waals surface area contributed by atoms with E-state index in [0.29, 0.717) is 18.2 Å². The van der Waals surface area contributed by atoms with Crippen LogP contribution in [0.3, 0.4) is 0 Å². The molecule has 0 fully saturated rings. The van der Waals surface area contributed by atoms with Crippen LogP contribution >= 0.6 is 0 Å². The van der Waals surface area contributed by atoms with E-state index in [4.69, 9.17) is 15.7 Å². The molecule has 2 N–H and O–H groups in total. The molecule has 0 aromatic heterocycles. The van der Waals surface area contributed by atoms with E-state index in [1.807, 2.05) is 53.5 Å². The second kappa shape index (κ2) is 13.5. The molecule has 34 heavy (non-hydrogen) atoms. The van der Waals surface area contributed by atoms with Gasteiger partial charge in [0.2, 0.25) is 0 Å². The molecule has 182 valence electrons. The van der Waals surface area contributed by atoms with Gasteiger partial charge < -0.3 is 10.5 Å². The van der Waals surface area contributed by atoms with Gasteiger partial charge in [-0.05, 0) is 56.2 Å². The van der Waals surface area contributed by atoms with Crippen molar-refractivity contribution in [1.82, 2.24) is 5.01 Å². The average Bonchev–Trinajstić information content (AvgIpc) is 3.22. The van der Waals surface area contributed by atoms with Gasteiger partial charge in [0.1, 0.15) is 5.75 Å². The molecule has 2 aromatic carbocycles. The van der Waals surface area contributed by atoms with E-state index in [1.54, 1.807) is 26.2 Å². The van der Waals surface area contributed by atoms with E-state index in [2.05, 4.69) is 19.9 Å². The van der Waals surface area contributed by atoms with Crippen molar-refractivity contribution in [2.45, 2.75) is 58.9 Å². The Kier molecular flexibility index (Phi) is 10.8. The summed E-state index contributed by atoms with van der Waals surface area (Å²) in [6, 6.07) is 17.6. The number of ether oxygens (including phenoxy) is 1. The number of anilines is 1. The van der Waals surface area contributed by atoms with Gasteiger partial charge in [-0.3, -0.25) is 9.80 Å². The molecule has 6 nitrogen and oxygen atoms in total. The minimum absolute atomic E-state index is 0.0437. The molecule has 0 bridgehead atoms. The maximum absolute atomic E-state index is 12.2. The van der Waals surface area contributed by atoms with Gasteiger partial charge in [-0.2, -0.15) is 5.26 Å². The number of hydrogen-bond acceptors (Lipinski definition) is 6. The number of methoxy groups -OCH3 is 1. The van der Waals surface area contributed by atoms with Crippen molar-refractivity contribution < 1.29 is 9.53 Å². The zero-order valence-corrected chi connectivity index (χ0v) is 21.2. The number of unbranched alkanes of at least 4 members (excludes halogenated alkanes) is 2. The van der Waals surface area contributed by atoms with E-state index in [1.165, 1.54) is 25.7 Å². The van der Waals surface area contributed by atoms with Crippen LogP contribution in [0, 0.1) is 11.3 Å². The number of rotatable bonds is 9. The number of nitriles is 1. The monoisotopic (exact) mass is 462 g/mol. The zero-order valence-electron chi connectivity index (χ0n) is 21.2. The number of ketones is 1. The van der Waals surface area contributed by atoms with E-state index in [0.717, 1.165) is 34.7 Å². The normalized spacial score (nSPS) is 14.3. The molecule has 0 radical (unpaired) electrons. The van der Waals surface area contributed by atoms with Crippen molar-refractivity contribution in [3.8, 4) is 11.8 Å². The molecule has 1 aliphatic heterocycles. The Bertz CT molecular complexity index is 991. The number of hydrogen-bond donors (Lipinski definition) is 1. The highest BCUT2D eigenvalue weighted by Gasteiger charge is 2.31. The first-order chi connectivity index (χ1) is 16.4. The van der Waals surface area contributed by atoms with Crippen LogP contribution in [0.25, 0.3) is 5.70 Å². The lowest BCUT2D eigenvalue weighted by Gasteiger charge is -2.29. The lowest BCUT2D eigenvalue weighted by atomic mass is 10.0. The maximum Gasteiger partial charge on any atom is 0.159 e. The van der Waals surface area contributed by atoms with Crippen molar-refractivity contribution in [2.75, 3.05) is 25.7 Å². The third kappa shape index (κ3) is 7.18. The van der Waals surface area contributed by atoms with Crippen LogP contribution in [-0.2, 0) is 4.79 Å². The van der Waals surface area contributed by atoms with Crippen LogP contribution in [-0.4, -0.2) is 37.5 Å². The van der Waals surface area contributed by atoms with Gasteiger partial charge >= 0.3 is 0 Å². The maximum atomic E-state index is 12.2. The predicted molar refractivity (Wildman–Crippen MR) is 139 cm³/mol. The predicted octanol–water partition coefficient (Wildman–Crippen LogP) is 5.54. The molecule has 3 rings (SSSR count). The third-order valence-electron chi connectivity index (χ3n) is 5.96. The Hall–Kier alpha value is -3.14. The summed E-state index contributed by atoms with van der Waals surface area (Å²) < 4.78 is 5.23. The molecule has 6 heteroatoms. The van der Waals surface area contributed by atoms with E-state index in [9.17, 15) is 4.79 Å². The second-order valence-electron chi connectivity index (χ2n) is 8.56. The van der Waals surface area contributed by atoms with Crippen molar-refractivity contribution in [3.05, 3.63) is 65.2 Å². The molecular weight excluding hydrogens is 424 g/mol. The number of nitrogens with two attached hydrogens (primary N) is 1. The lowest BCUT2D eigenvalue weighted by Crippen LogP contribution is -2.33. The SMILES string of the molecule is CCCCCC(N)CC.COc1ccc(N2C(c3ccc(C#N)cc3)=C(C(C)=O)CN2C)cc1. The number of nitrogens with zero attached hydrogens (tertiary/aromatic N) is 3. The number of likely N-dealkylation sites (N-methyl/N-ethyl adjacent to an activating group) is 1. The van der Waals surface area contributed by atoms with Crippen molar-refractivity contribution in [3.63, 3.8) is 0 Å². The van der Waals surface area contributed by atoms with E-state index < -0.39 is 0 Å². The summed E-state index contributed by atoms with van der Waals surface area (Å²) in [5, 5.41) is 13.0. The van der Waals surface area contributed by atoms with Crippen LogP contribution in [0.1, 0.15) is 64.0 Å². The Morgan fingerprint density at radius 1 is 1.12 bits per heavy atom. The molecule has 2 aromatic rings. The first-order valence-electron chi connectivity index (χ1n) is 12.0. The molecule has 1 atom stereocenters. The molecule has 1 unspecified atom stereocenters. The molecule has 1 heterocycles. The Morgan fingerprint density at radius 2 is 1.76 bits per heavy atom. The van der Waals surface area contributed by atoms with Gasteiger partial charge in [0.15, 0.2) is 5.78 Å². The smallest absolute Gasteiger partial charge is 0.159 e. The Labute approximate surface area is 204 Å². The van der Waals surface area contributed by atoms with Crippen LogP contribution < -0.4 is 15.5 Å². The minimum Gasteiger partial charge on any atom is -0.497 e. The number of carbonyl (C=O) groups is 1. The average molecular weight is 463 g/mol. The Morgan fingerprint density at radius 3 is 2.26 bits per heavy atom. The highest BCUT2D eigenvalue weighted by molar-refractivity contribution is 6.05. The van der Waals surface area contributed by atoms with Gasteiger partial charge in [-0.25, -0.2) is 5.01 Å². The first kappa shape index (κ1) is 27.1.